The van der Waals surface area contributed by atoms with Crippen molar-refractivity contribution in [2.45, 2.75) is 0 Å². The summed E-state index contributed by atoms with van der Waals surface area (Å²) in [5.41, 5.74) is 0. The summed E-state index contributed by atoms with van der Waals surface area (Å²) in [5, 5.41) is 0.476. The van der Waals surface area contributed by atoms with E-state index in [1.807, 2.05) is 0 Å². The van der Waals surface area contributed by atoms with Gasteiger partial charge in [0.1, 0.15) is 5.75 Å². The van der Waals surface area contributed by atoms with Crippen molar-refractivity contribution in [3.8, 4) is 5.75 Å². The van der Waals surface area contributed by atoms with Crippen LogP contribution in [-0.4, -0.2) is 30.9 Å². The summed E-state index contributed by atoms with van der Waals surface area (Å²) in [6.07, 6.45) is 2.22. The highest BCUT2D eigenvalue weighted by Crippen LogP contribution is 2.17. The fourth-order valence-corrected chi connectivity index (χ4v) is 1.15. The minimum absolute atomic E-state index is 0.284. The zero-order chi connectivity index (χ0) is 12.8. The molecule has 0 saturated carbocycles. The van der Waals surface area contributed by atoms with Crippen molar-refractivity contribution < 1.29 is 14.3 Å². The van der Waals surface area contributed by atoms with Crippen LogP contribution in [0.5, 0.6) is 5.75 Å². The van der Waals surface area contributed by atoms with Crippen LogP contribution in [0.15, 0.2) is 36.4 Å². The summed E-state index contributed by atoms with van der Waals surface area (Å²) < 4.78 is 4.94. The maximum atomic E-state index is 11.3. The van der Waals surface area contributed by atoms with Crippen molar-refractivity contribution in [2.75, 3.05) is 14.1 Å². The van der Waals surface area contributed by atoms with Crippen LogP contribution < -0.4 is 4.74 Å². The Morgan fingerprint density at radius 3 is 2.59 bits per heavy atom. The SMILES string of the molecule is CN(C)C(=O)/C=C/C(=O)Oc1cccc(Cl)c1. The Kier molecular flexibility index (Phi) is 4.72. The van der Waals surface area contributed by atoms with Gasteiger partial charge in [-0.3, -0.25) is 4.79 Å². The molecule has 0 unspecified atom stereocenters. The molecular weight excluding hydrogens is 242 g/mol. The van der Waals surface area contributed by atoms with Crippen LogP contribution in [0.3, 0.4) is 0 Å². The summed E-state index contributed by atoms with van der Waals surface area (Å²) in [6.45, 7) is 0. The standard InChI is InChI=1S/C12H12ClNO3/c1-14(2)11(15)6-7-12(16)17-10-5-3-4-9(13)8-10/h3-8H,1-2H3/b7-6+. The van der Waals surface area contributed by atoms with Gasteiger partial charge in [0.2, 0.25) is 5.91 Å². The highest BCUT2D eigenvalue weighted by Gasteiger charge is 2.03. The number of hydrogen-bond donors (Lipinski definition) is 0. The van der Waals surface area contributed by atoms with Gasteiger partial charge in [0.25, 0.3) is 0 Å². The lowest BCUT2D eigenvalue weighted by atomic mass is 10.3. The summed E-state index contributed by atoms with van der Waals surface area (Å²) in [7, 11) is 3.18. The van der Waals surface area contributed by atoms with Gasteiger partial charge in [0, 0.05) is 31.3 Å². The topological polar surface area (TPSA) is 46.6 Å². The molecule has 0 bridgehead atoms. The molecule has 0 aromatic heterocycles. The average molecular weight is 254 g/mol. The van der Waals surface area contributed by atoms with Gasteiger partial charge in [-0.1, -0.05) is 17.7 Å². The van der Waals surface area contributed by atoms with E-state index in [4.69, 9.17) is 16.3 Å². The molecule has 0 radical (unpaired) electrons. The number of rotatable bonds is 3. The quantitative estimate of drug-likeness (QED) is 0.470. The van der Waals surface area contributed by atoms with Crippen LogP contribution in [0.25, 0.3) is 0 Å². The van der Waals surface area contributed by atoms with Crippen LogP contribution in [0, 0.1) is 0 Å². The number of carbonyl (C=O) groups is 2. The summed E-state index contributed by atoms with van der Waals surface area (Å²) in [5.74, 6) is -0.569. The van der Waals surface area contributed by atoms with Gasteiger partial charge in [0.15, 0.2) is 0 Å². The third kappa shape index (κ3) is 4.70. The third-order valence-corrected chi connectivity index (χ3v) is 2.05. The van der Waals surface area contributed by atoms with Crippen LogP contribution >= 0.6 is 11.6 Å². The van der Waals surface area contributed by atoms with Gasteiger partial charge in [-0.2, -0.15) is 0 Å². The molecule has 1 amide bonds. The van der Waals surface area contributed by atoms with E-state index in [-0.39, 0.29) is 5.91 Å². The molecule has 90 valence electrons. The number of halogens is 1. The van der Waals surface area contributed by atoms with Gasteiger partial charge < -0.3 is 9.64 Å². The zero-order valence-corrected chi connectivity index (χ0v) is 10.3. The second-order valence-corrected chi connectivity index (χ2v) is 3.88. The minimum atomic E-state index is -0.623. The lowest BCUT2D eigenvalue weighted by Gasteiger charge is -2.05. The fraction of sp³-hybridized carbons (Fsp3) is 0.167. The first kappa shape index (κ1) is 13.3. The normalized spacial score (nSPS) is 10.3. The van der Waals surface area contributed by atoms with Crippen molar-refractivity contribution >= 4 is 23.5 Å². The van der Waals surface area contributed by atoms with Crippen LogP contribution in [0.2, 0.25) is 5.02 Å². The lowest BCUT2D eigenvalue weighted by Crippen LogP contribution is -2.19. The second kappa shape index (κ2) is 6.06. The number of esters is 1. The number of hydrogen-bond acceptors (Lipinski definition) is 3. The number of amides is 1. The number of likely N-dealkylation sites (N-methyl/N-ethyl adjacent to an activating group) is 1. The molecule has 0 spiro atoms. The van der Waals surface area contributed by atoms with E-state index in [0.29, 0.717) is 10.8 Å². The second-order valence-electron chi connectivity index (χ2n) is 3.44. The van der Waals surface area contributed by atoms with Crippen LogP contribution in [0.1, 0.15) is 0 Å². The monoisotopic (exact) mass is 253 g/mol. The average Bonchev–Trinajstić information content (AvgIpc) is 2.25. The van der Waals surface area contributed by atoms with E-state index >= 15 is 0 Å². The first-order chi connectivity index (χ1) is 7.99. The molecule has 1 aromatic carbocycles. The van der Waals surface area contributed by atoms with E-state index in [1.54, 1.807) is 32.3 Å². The first-order valence-electron chi connectivity index (χ1n) is 4.86. The molecule has 0 fully saturated rings. The molecule has 0 aliphatic carbocycles. The smallest absolute Gasteiger partial charge is 0.336 e. The van der Waals surface area contributed by atoms with Gasteiger partial charge in [-0.25, -0.2) is 4.79 Å². The van der Waals surface area contributed by atoms with Gasteiger partial charge in [-0.15, -0.1) is 0 Å². The molecule has 0 heterocycles. The first-order valence-corrected chi connectivity index (χ1v) is 5.23. The molecule has 1 aromatic rings. The van der Waals surface area contributed by atoms with Crippen molar-refractivity contribution in [2.24, 2.45) is 0 Å². The van der Waals surface area contributed by atoms with Crippen molar-refractivity contribution in [1.29, 1.82) is 0 Å². The van der Waals surface area contributed by atoms with Crippen molar-refractivity contribution in [3.63, 3.8) is 0 Å². The number of ether oxygens (including phenoxy) is 1. The minimum Gasteiger partial charge on any atom is -0.423 e. The van der Waals surface area contributed by atoms with Crippen molar-refractivity contribution in [3.05, 3.63) is 41.4 Å². The van der Waals surface area contributed by atoms with E-state index in [1.165, 1.54) is 11.0 Å². The molecular formula is C12H12ClNO3. The predicted octanol–water partition coefficient (Wildman–Crippen LogP) is 1.89. The molecule has 0 saturated heterocycles. The maximum absolute atomic E-state index is 11.3. The maximum Gasteiger partial charge on any atom is 0.336 e. The zero-order valence-electron chi connectivity index (χ0n) is 9.51. The number of benzene rings is 1. The molecule has 0 aliphatic heterocycles. The van der Waals surface area contributed by atoms with Gasteiger partial charge in [-0.05, 0) is 18.2 Å². The Labute approximate surface area is 104 Å². The largest absolute Gasteiger partial charge is 0.423 e. The molecule has 4 nitrogen and oxygen atoms in total. The number of carbonyl (C=O) groups excluding carboxylic acids is 2. The van der Waals surface area contributed by atoms with E-state index in [2.05, 4.69) is 0 Å². The van der Waals surface area contributed by atoms with E-state index in [0.717, 1.165) is 12.2 Å². The summed E-state index contributed by atoms with van der Waals surface area (Å²) >= 11 is 5.73. The predicted molar refractivity (Wildman–Crippen MR) is 64.9 cm³/mol. The van der Waals surface area contributed by atoms with Gasteiger partial charge >= 0.3 is 5.97 Å². The number of nitrogens with zero attached hydrogens (tertiary/aromatic N) is 1. The highest BCUT2D eigenvalue weighted by molar-refractivity contribution is 6.30. The highest BCUT2D eigenvalue weighted by atomic mass is 35.5. The van der Waals surface area contributed by atoms with Crippen molar-refractivity contribution in [1.82, 2.24) is 4.90 Å². The lowest BCUT2D eigenvalue weighted by molar-refractivity contribution is -0.129. The Morgan fingerprint density at radius 1 is 1.29 bits per heavy atom. The Morgan fingerprint density at radius 2 is 2.00 bits per heavy atom. The summed E-state index contributed by atoms with van der Waals surface area (Å²) in [4.78, 5) is 23.8. The van der Waals surface area contributed by atoms with E-state index < -0.39 is 5.97 Å². The fourth-order valence-electron chi connectivity index (χ4n) is 0.969. The molecule has 0 aliphatic rings. The van der Waals surface area contributed by atoms with Crippen LogP contribution in [0.4, 0.5) is 0 Å². The molecule has 1 rings (SSSR count). The Bertz CT molecular complexity index is 455. The molecule has 17 heavy (non-hydrogen) atoms. The van der Waals surface area contributed by atoms with Gasteiger partial charge in [0.05, 0.1) is 0 Å². The Balaban J connectivity index is 2.59. The molecule has 5 heteroatoms. The molecule has 0 atom stereocenters. The molecule has 0 N–H and O–H groups in total. The van der Waals surface area contributed by atoms with Crippen LogP contribution in [-0.2, 0) is 9.59 Å². The third-order valence-electron chi connectivity index (χ3n) is 1.82. The summed E-state index contributed by atoms with van der Waals surface area (Å²) in [6, 6.07) is 6.45. The Hall–Kier alpha value is -1.81. The van der Waals surface area contributed by atoms with E-state index in [9.17, 15) is 9.59 Å².